The van der Waals surface area contributed by atoms with E-state index in [0.29, 0.717) is 35.5 Å². The minimum absolute atomic E-state index is 0.0319. The maximum Gasteiger partial charge on any atom is 0.334 e. The third kappa shape index (κ3) is 7.83. The number of allylic oxidation sites excluding steroid dienone is 1. The van der Waals surface area contributed by atoms with Gasteiger partial charge in [0.05, 0.1) is 13.7 Å². The van der Waals surface area contributed by atoms with Crippen molar-refractivity contribution in [2.75, 3.05) is 20.3 Å². The smallest absolute Gasteiger partial charge is 0.334 e. The second-order valence-electron chi connectivity index (χ2n) is 9.19. The number of cyclic esters (lactones) is 1. The Morgan fingerprint density at radius 1 is 1.16 bits per heavy atom. The van der Waals surface area contributed by atoms with Crippen molar-refractivity contribution in [1.29, 1.82) is 0 Å². The fourth-order valence-corrected chi connectivity index (χ4v) is 4.07. The summed E-state index contributed by atoms with van der Waals surface area (Å²) in [5.41, 5.74) is 8.47. The quantitative estimate of drug-likeness (QED) is 0.132. The molecule has 0 bridgehead atoms. The number of methoxy groups -OCH3 is 1. The van der Waals surface area contributed by atoms with Gasteiger partial charge in [0.15, 0.2) is 5.60 Å². The first-order chi connectivity index (χ1) is 14.8. The van der Waals surface area contributed by atoms with Gasteiger partial charge in [-0.3, -0.25) is 0 Å². The number of carbonyl (C=O) groups is 1. The van der Waals surface area contributed by atoms with Crippen molar-refractivity contribution >= 4 is 5.97 Å². The van der Waals surface area contributed by atoms with E-state index in [4.69, 9.17) is 19.7 Å². The largest absolute Gasteiger partial charge is 0.497 e. The summed E-state index contributed by atoms with van der Waals surface area (Å²) in [5, 5.41) is 3.68. The highest BCUT2D eigenvalue weighted by atomic mass is 16.6. The van der Waals surface area contributed by atoms with Crippen molar-refractivity contribution in [3.8, 4) is 11.5 Å². The Bertz CT molecular complexity index is 788. The van der Waals surface area contributed by atoms with Gasteiger partial charge >= 0.3 is 5.97 Å². The molecule has 0 radical (unpaired) electrons. The molecular weight excluding hydrogens is 394 g/mol. The number of hydrogen-bond donors (Lipinski definition) is 0. The molecule has 7 heteroatoms. The Kier molecular flexibility index (Phi) is 9.25. The summed E-state index contributed by atoms with van der Waals surface area (Å²) >= 11 is 0. The summed E-state index contributed by atoms with van der Waals surface area (Å²) in [4.78, 5) is 15.5. The second kappa shape index (κ2) is 11.7. The first-order valence-electron chi connectivity index (χ1n) is 11.0. The van der Waals surface area contributed by atoms with Crippen LogP contribution in [-0.2, 0) is 9.53 Å². The number of hydrogen-bond acceptors (Lipinski definition) is 5. The van der Waals surface area contributed by atoms with Gasteiger partial charge in [-0.05, 0) is 66.8 Å². The third-order valence-electron chi connectivity index (χ3n) is 5.37. The van der Waals surface area contributed by atoms with Gasteiger partial charge in [0, 0.05) is 16.9 Å². The molecular formula is C24H35N3O4. The zero-order valence-corrected chi connectivity index (χ0v) is 19.3. The van der Waals surface area contributed by atoms with Crippen LogP contribution in [0.25, 0.3) is 10.4 Å². The molecule has 0 spiro atoms. The molecule has 0 N–H and O–H groups in total. The van der Waals surface area contributed by atoms with E-state index in [1.54, 1.807) is 31.4 Å². The first-order valence-corrected chi connectivity index (χ1v) is 11.0. The summed E-state index contributed by atoms with van der Waals surface area (Å²) < 4.78 is 16.7. The lowest BCUT2D eigenvalue weighted by Gasteiger charge is -2.25. The normalized spacial score (nSPS) is 19.7. The molecule has 0 aliphatic carbocycles. The molecule has 1 unspecified atom stereocenters. The van der Waals surface area contributed by atoms with Gasteiger partial charge in [0.25, 0.3) is 0 Å². The van der Waals surface area contributed by atoms with E-state index in [0.717, 1.165) is 25.0 Å². The zero-order valence-electron chi connectivity index (χ0n) is 19.3. The number of ether oxygens (including phenoxy) is 3. The standard InChI is InChI=1S/C24H35N3O4/c1-17(2)12-19(13-18(3)4)6-7-20-14-24(15-26-27-25,31-23(20)28)16-30-22-10-8-21(29-5)9-11-22/h7-11,17-19H,6,12-16H2,1-5H3/b20-7+. The molecule has 1 aliphatic heterocycles. The van der Waals surface area contributed by atoms with Crippen LogP contribution in [0.15, 0.2) is 41.0 Å². The number of carbonyl (C=O) groups excluding carboxylic acids is 1. The minimum atomic E-state index is -0.985. The Balaban J connectivity index is 2.10. The van der Waals surface area contributed by atoms with Gasteiger partial charge in [-0.15, -0.1) is 0 Å². The number of azide groups is 1. The van der Waals surface area contributed by atoms with Crippen molar-refractivity contribution < 1.29 is 19.0 Å². The predicted octanol–water partition coefficient (Wildman–Crippen LogP) is 6.09. The molecule has 0 aromatic heterocycles. The number of rotatable bonds is 12. The van der Waals surface area contributed by atoms with Crippen molar-refractivity contribution in [1.82, 2.24) is 0 Å². The van der Waals surface area contributed by atoms with E-state index < -0.39 is 5.60 Å². The molecule has 1 fully saturated rings. The van der Waals surface area contributed by atoms with E-state index in [9.17, 15) is 4.79 Å². The first kappa shape index (κ1) is 24.6. The van der Waals surface area contributed by atoms with Gasteiger partial charge in [-0.2, -0.15) is 0 Å². The lowest BCUT2D eigenvalue weighted by Crippen LogP contribution is -2.39. The van der Waals surface area contributed by atoms with Gasteiger partial charge in [-0.25, -0.2) is 4.79 Å². The van der Waals surface area contributed by atoms with E-state index in [-0.39, 0.29) is 19.1 Å². The Labute approximate surface area is 185 Å². The van der Waals surface area contributed by atoms with Crippen LogP contribution in [0, 0.1) is 17.8 Å². The highest BCUT2D eigenvalue weighted by Gasteiger charge is 2.44. The van der Waals surface area contributed by atoms with Crippen LogP contribution < -0.4 is 9.47 Å². The highest BCUT2D eigenvalue weighted by molar-refractivity contribution is 5.91. The number of nitrogens with zero attached hydrogens (tertiary/aromatic N) is 3. The van der Waals surface area contributed by atoms with Gasteiger partial charge in [0.1, 0.15) is 18.1 Å². The van der Waals surface area contributed by atoms with Crippen LogP contribution in [0.3, 0.4) is 0 Å². The highest BCUT2D eigenvalue weighted by Crippen LogP contribution is 2.34. The monoisotopic (exact) mass is 429 g/mol. The molecule has 1 saturated heterocycles. The predicted molar refractivity (Wildman–Crippen MR) is 121 cm³/mol. The molecule has 7 nitrogen and oxygen atoms in total. The van der Waals surface area contributed by atoms with E-state index >= 15 is 0 Å². The lowest BCUT2D eigenvalue weighted by molar-refractivity contribution is -0.148. The van der Waals surface area contributed by atoms with Crippen LogP contribution >= 0.6 is 0 Å². The molecule has 2 rings (SSSR count). The van der Waals surface area contributed by atoms with Crippen LogP contribution in [0.5, 0.6) is 11.5 Å². The summed E-state index contributed by atoms with van der Waals surface area (Å²) in [6.07, 6.45) is 5.49. The Hall–Kier alpha value is -2.66. The average Bonchev–Trinajstić information content (AvgIpc) is 3.04. The molecule has 170 valence electrons. The molecule has 31 heavy (non-hydrogen) atoms. The second-order valence-corrected chi connectivity index (χ2v) is 9.19. The molecule has 1 aromatic rings. The minimum Gasteiger partial charge on any atom is -0.497 e. The topological polar surface area (TPSA) is 93.5 Å². The van der Waals surface area contributed by atoms with Gasteiger partial charge in [0.2, 0.25) is 0 Å². The van der Waals surface area contributed by atoms with Crippen LogP contribution in [-0.4, -0.2) is 31.8 Å². The molecule has 1 aromatic carbocycles. The summed E-state index contributed by atoms with van der Waals surface area (Å²) in [6.45, 7) is 9.06. The Morgan fingerprint density at radius 2 is 1.77 bits per heavy atom. The lowest BCUT2D eigenvalue weighted by atomic mass is 9.86. The van der Waals surface area contributed by atoms with Crippen molar-refractivity contribution in [3.63, 3.8) is 0 Å². The SMILES string of the molecule is COc1ccc(OCC2(CN=[N+]=[N-])C/C(=C\CC(CC(C)C)CC(C)C)C(=O)O2)cc1. The van der Waals surface area contributed by atoms with Crippen LogP contribution in [0.4, 0.5) is 0 Å². The van der Waals surface area contributed by atoms with Crippen molar-refractivity contribution in [2.24, 2.45) is 22.9 Å². The summed E-state index contributed by atoms with van der Waals surface area (Å²) in [5.74, 6) is 2.76. The van der Waals surface area contributed by atoms with Crippen molar-refractivity contribution in [2.45, 2.75) is 59.0 Å². The van der Waals surface area contributed by atoms with Gasteiger partial charge < -0.3 is 14.2 Å². The summed E-state index contributed by atoms with van der Waals surface area (Å²) in [6, 6.07) is 7.17. The fourth-order valence-electron chi connectivity index (χ4n) is 4.07. The van der Waals surface area contributed by atoms with Gasteiger partial charge in [-0.1, -0.05) is 38.9 Å². The van der Waals surface area contributed by atoms with Crippen molar-refractivity contribution in [3.05, 3.63) is 46.4 Å². The van der Waals surface area contributed by atoms with Crippen LogP contribution in [0.1, 0.15) is 53.4 Å². The maximum absolute atomic E-state index is 12.6. The molecule has 1 atom stereocenters. The molecule has 1 aliphatic rings. The Morgan fingerprint density at radius 3 is 2.32 bits per heavy atom. The third-order valence-corrected chi connectivity index (χ3v) is 5.37. The van der Waals surface area contributed by atoms with E-state index in [1.807, 2.05) is 6.08 Å². The maximum atomic E-state index is 12.6. The molecule has 1 heterocycles. The molecule has 0 saturated carbocycles. The van der Waals surface area contributed by atoms with Crippen LogP contribution in [0.2, 0.25) is 0 Å². The zero-order chi connectivity index (χ0) is 22.9. The summed E-state index contributed by atoms with van der Waals surface area (Å²) in [7, 11) is 1.60. The van der Waals surface area contributed by atoms with E-state index in [2.05, 4.69) is 37.7 Å². The average molecular weight is 430 g/mol. The number of esters is 1. The molecule has 0 amide bonds. The number of benzene rings is 1. The van der Waals surface area contributed by atoms with E-state index in [1.165, 1.54) is 0 Å². The fraction of sp³-hybridized carbons (Fsp3) is 0.625.